The molecule has 21 heavy (non-hydrogen) atoms. The largest absolute Gasteiger partial charge is 0.340 e. The van der Waals surface area contributed by atoms with Gasteiger partial charge < -0.3 is 4.90 Å². The van der Waals surface area contributed by atoms with Gasteiger partial charge in [-0.05, 0) is 37.1 Å². The van der Waals surface area contributed by atoms with Crippen molar-refractivity contribution < 1.29 is 13.2 Å². The van der Waals surface area contributed by atoms with Crippen LogP contribution in [0.3, 0.4) is 0 Å². The summed E-state index contributed by atoms with van der Waals surface area (Å²) < 4.78 is 26.5. The molecule has 2 heterocycles. The van der Waals surface area contributed by atoms with Crippen molar-refractivity contribution >= 4 is 15.9 Å². The maximum atomic E-state index is 12.7. The molecule has 0 N–H and O–H groups in total. The van der Waals surface area contributed by atoms with E-state index in [2.05, 4.69) is 0 Å². The number of nitrogens with zero attached hydrogens (tertiary/aromatic N) is 2. The van der Waals surface area contributed by atoms with Crippen molar-refractivity contribution in [3.8, 4) is 0 Å². The van der Waals surface area contributed by atoms with E-state index in [1.807, 2.05) is 6.92 Å². The van der Waals surface area contributed by atoms with E-state index in [0.717, 1.165) is 15.1 Å². The molecule has 0 saturated carbocycles. The highest BCUT2D eigenvalue weighted by atomic mass is 32.2. The summed E-state index contributed by atoms with van der Waals surface area (Å²) in [6, 6.07) is 8.34. The Morgan fingerprint density at radius 1 is 1.10 bits per heavy atom. The molecule has 0 unspecified atom stereocenters. The highest BCUT2D eigenvalue weighted by Crippen LogP contribution is 2.24. The topological polar surface area (TPSA) is 59.4 Å². The Kier molecular flexibility index (Phi) is 3.13. The number of hydrogen-bond donors (Lipinski definition) is 0. The average Bonchev–Trinajstić information content (AvgIpc) is 2.89. The summed E-state index contributed by atoms with van der Waals surface area (Å²) in [7, 11) is -2.06. The Morgan fingerprint density at radius 3 is 2.43 bits per heavy atom. The number of carbonyl (C=O) groups is 1. The van der Waals surface area contributed by atoms with Gasteiger partial charge in [0.1, 0.15) is 5.69 Å². The number of aromatic nitrogens is 1. The summed E-state index contributed by atoms with van der Waals surface area (Å²) in [6.07, 6.45) is 2.14. The fraction of sp³-hybridized carbons (Fsp3) is 0.267. The minimum Gasteiger partial charge on any atom is -0.340 e. The van der Waals surface area contributed by atoms with E-state index in [9.17, 15) is 13.2 Å². The fourth-order valence-electron chi connectivity index (χ4n) is 2.48. The molecule has 1 aromatic carbocycles. The molecule has 0 atom stereocenters. The monoisotopic (exact) mass is 304 g/mol. The van der Waals surface area contributed by atoms with Gasteiger partial charge in [0.25, 0.3) is 15.9 Å². The van der Waals surface area contributed by atoms with E-state index in [1.54, 1.807) is 42.3 Å². The molecule has 0 spiro atoms. The first-order valence-electron chi connectivity index (χ1n) is 6.69. The molecule has 1 aromatic heterocycles. The predicted molar refractivity (Wildman–Crippen MR) is 78.9 cm³/mol. The average molecular weight is 304 g/mol. The molecule has 1 aliphatic heterocycles. The Hall–Kier alpha value is -2.08. The van der Waals surface area contributed by atoms with Gasteiger partial charge in [0.2, 0.25) is 0 Å². The molecule has 0 radical (unpaired) electrons. The SMILES string of the molecule is Cc1ccc(S(=O)(=O)n2ccc3c2C(=O)N(C)CC3)cc1. The quantitative estimate of drug-likeness (QED) is 0.848. The fourth-order valence-corrected chi connectivity index (χ4v) is 3.84. The molecule has 6 heteroatoms. The zero-order valence-corrected chi connectivity index (χ0v) is 12.7. The Labute approximate surface area is 123 Å². The van der Waals surface area contributed by atoms with E-state index in [-0.39, 0.29) is 16.5 Å². The van der Waals surface area contributed by atoms with Crippen LogP contribution >= 0.6 is 0 Å². The number of rotatable bonds is 2. The van der Waals surface area contributed by atoms with Crippen molar-refractivity contribution in [3.05, 3.63) is 53.3 Å². The number of benzene rings is 1. The van der Waals surface area contributed by atoms with Crippen LogP contribution in [-0.4, -0.2) is 36.8 Å². The zero-order valence-electron chi connectivity index (χ0n) is 11.9. The van der Waals surface area contributed by atoms with Gasteiger partial charge in [0.15, 0.2) is 0 Å². The van der Waals surface area contributed by atoms with Gasteiger partial charge in [-0.25, -0.2) is 12.4 Å². The number of fused-ring (bicyclic) bond motifs is 1. The zero-order chi connectivity index (χ0) is 15.2. The number of hydrogen-bond acceptors (Lipinski definition) is 3. The first kappa shape index (κ1) is 13.9. The molecule has 3 rings (SSSR count). The van der Waals surface area contributed by atoms with Crippen LogP contribution in [0.1, 0.15) is 21.6 Å². The third-order valence-corrected chi connectivity index (χ3v) is 5.47. The molecule has 5 nitrogen and oxygen atoms in total. The van der Waals surface area contributed by atoms with Crippen LogP contribution in [0, 0.1) is 6.92 Å². The van der Waals surface area contributed by atoms with Gasteiger partial charge in [-0.15, -0.1) is 0 Å². The van der Waals surface area contributed by atoms with Crippen LogP contribution in [0.25, 0.3) is 0 Å². The Bertz CT molecular complexity index is 804. The van der Waals surface area contributed by atoms with Crippen LogP contribution < -0.4 is 0 Å². The van der Waals surface area contributed by atoms with Crippen molar-refractivity contribution in [1.82, 2.24) is 8.87 Å². The van der Waals surface area contributed by atoms with Crippen LogP contribution in [0.2, 0.25) is 0 Å². The highest BCUT2D eigenvalue weighted by Gasteiger charge is 2.30. The molecular formula is C15H16N2O3S. The van der Waals surface area contributed by atoms with Crippen LogP contribution in [0.15, 0.2) is 41.4 Å². The highest BCUT2D eigenvalue weighted by molar-refractivity contribution is 7.90. The summed E-state index contributed by atoms with van der Waals surface area (Å²) in [5.74, 6) is -0.253. The van der Waals surface area contributed by atoms with Gasteiger partial charge in [-0.3, -0.25) is 4.79 Å². The normalized spacial score (nSPS) is 15.1. The third-order valence-electron chi connectivity index (χ3n) is 3.78. The lowest BCUT2D eigenvalue weighted by molar-refractivity contribution is 0.0773. The maximum Gasteiger partial charge on any atom is 0.271 e. The first-order chi connectivity index (χ1) is 9.91. The van der Waals surface area contributed by atoms with Crippen LogP contribution in [0.5, 0.6) is 0 Å². The summed E-state index contributed by atoms with van der Waals surface area (Å²) in [4.78, 5) is 14.0. The van der Waals surface area contributed by atoms with E-state index in [4.69, 9.17) is 0 Å². The molecule has 0 bridgehead atoms. The molecule has 0 saturated heterocycles. The molecule has 0 fully saturated rings. The summed E-state index contributed by atoms with van der Waals surface area (Å²) in [6.45, 7) is 2.51. The van der Waals surface area contributed by atoms with E-state index in [1.165, 1.54) is 6.20 Å². The smallest absolute Gasteiger partial charge is 0.271 e. The van der Waals surface area contributed by atoms with Crippen molar-refractivity contribution in [2.75, 3.05) is 13.6 Å². The molecule has 1 amide bonds. The summed E-state index contributed by atoms with van der Waals surface area (Å²) in [5.41, 5.74) is 2.03. The Morgan fingerprint density at radius 2 is 1.76 bits per heavy atom. The molecule has 1 aliphatic rings. The molecule has 0 aliphatic carbocycles. The second-order valence-corrected chi connectivity index (χ2v) is 7.10. The maximum absolute atomic E-state index is 12.7. The standard InChI is InChI=1S/C15H16N2O3S/c1-11-3-5-13(6-4-11)21(19,20)17-10-8-12-7-9-16(2)15(18)14(12)17/h3-6,8,10H,7,9H2,1-2H3. The summed E-state index contributed by atoms with van der Waals surface area (Å²) in [5, 5.41) is 0. The van der Waals surface area contributed by atoms with Gasteiger partial charge in [0, 0.05) is 19.8 Å². The Balaban J connectivity index is 2.15. The van der Waals surface area contributed by atoms with Gasteiger partial charge in [-0.1, -0.05) is 17.7 Å². The predicted octanol–water partition coefficient (Wildman–Crippen LogP) is 1.66. The molecule has 2 aromatic rings. The molecule has 110 valence electrons. The third kappa shape index (κ3) is 2.15. The number of aryl methyl sites for hydroxylation is 1. The van der Waals surface area contributed by atoms with E-state index < -0.39 is 10.0 Å². The summed E-state index contributed by atoms with van der Waals surface area (Å²) >= 11 is 0. The molecular weight excluding hydrogens is 288 g/mol. The number of amides is 1. The van der Waals surface area contributed by atoms with Crippen molar-refractivity contribution in [2.24, 2.45) is 0 Å². The van der Waals surface area contributed by atoms with Gasteiger partial charge >= 0.3 is 0 Å². The second kappa shape index (κ2) is 4.73. The van der Waals surface area contributed by atoms with Crippen molar-refractivity contribution in [1.29, 1.82) is 0 Å². The second-order valence-electron chi connectivity index (χ2n) is 5.28. The van der Waals surface area contributed by atoms with Gasteiger partial charge in [0.05, 0.1) is 4.90 Å². The number of likely N-dealkylation sites (N-methyl/N-ethyl adjacent to an activating group) is 1. The lowest BCUT2D eigenvalue weighted by Gasteiger charge is -2.24. The van der Waals surface area contributed by atoms with Crippen LogP contribution in [-0.2, 0) is 16.4 Å². The lowest BCUT2D eigenvalue weighted by Crippen LogP contribution is -2.36. The van der Waals surface area contributed by atoms with E-state index >= 15 is 0 Å². The van der Waals surface area contributed by atoms with E-state index in [0.29, 0.717) is 13.0 Å². The first-order valence-corrected chi connectivity index (χ1v) is 8.13. The van der Waals surface area contributed by atoms with Gasteiger partial charge in [-0.2, -0.15) is 0 Å². The lowest BCUT2D eigenvalue weighted by atomic mass is 10.1. The van der Waals surface area contributed by atoms with Crippen molar-refractivity contribution in [2.45, 2.75) is 18.2 Å². The van der Waals surface area contributed by atoms with Crippen LogP contribution in [0.4, 0.5) is 0 Å². The van der Waals surface area contributed by atoms with Crippen molar-refractivity contribution in [3.63, 3.8) is 0 Å². The number of carbonyl (C=O) groups excluding carboxylic acids is 1. The minimum atomic E-state index is -3.74. The minimum absolute atomic E-state index is 0.188.